The molecule has 2 heterocycles. The van der Waals surface area contributed by atoms with E-state index >= 15 is 0 Å². The number of aromatic nitrogens is 3. The molecule has 27 heavy (non-hydrogen) atoms. The van der Waals surface area contributed by atoms with Crippen molar-refractivity contribution in [2.24, 2.45) is 5.41 Å². The Kier molecular flexibility index (Phi) is 4.51. The molecule has 7 nitrogen and oxygen atoms in total. The van der Waals surface area contributed by atoms with Gasteiger partial charge in [-0.2, -0.15) is 0 Å². The number of fused-ring (bicyclic) bond motifs is 1. The molecule has 0 spiro atoms. The molecule has 0 radical (unpaired) electrons. The summed E-state index contributed by atoms with van der Waals surface area (Å²) in [7, 11) is 0. The molecular weight excluding hydrogens is 351 g/mol. The lowest BCUT2D eigenvalue weighted by molar-refractivity contribution is 0.196. The smallest absolute Gasteiger partial charge is 0.417 e. The van der Waals surface area contributed by atoms with Crippen molar-refractivity contribution in [3.63, 3.8) is 0 Å². The second kappa shape index (κ2) is 6.53. The van der Waals surface area contributed by atoms with Crippen LogP contribution >= 0.6 is 0 Å². The Labute approximate surface area is 154 Å². The molecule has 0 amide bonds. The van der Waals surface area contributed by atoms with Crippen LogP contribution in [0.3, 0.4) is 0 Å². The number of hydrogen-bond acceptors (Lipinski definition) is 4. The number of imidazole rings is 1. The van der Waals surface area contributed by atoms with Gasteiger partial charge < -0.3 is 15.4 Å². The van der Waals surface area contributed by atoms with Crippen LogP contribution in [0, 0.1) is 11.2 Å². The van der Waals surface area contributed by atoms with Crippen molar-refractivity contribution < 1.29 is 14.3 Å². The van der Waals surface area contributed by atoms with Gasteiger partial charge in [0.25, 0.3) is 5.56 Å². The number of rotatable bonds is 3. The minimum atomic E-state index is -1.29. The average molecular weight is 372 g/mol. The van der Waals surface area contributed by atoms with Crippen molar-refractivity contribution in [2.75, 3.05) is 5.73 Å². The second-order valence-corrected chi connectivity index (χ2v) is 7.71. The van der Waals surface area contributed by atoms with Gasteiger partial charge in [0.1, 0.15) is 11.6 Å². The summed E-state index contributed by atoms with van der Waals surface area (Å²) in [6.07, 6.45) is 0.730. The lowest BCUT2D eigenvalue weighted by Gasteiger charge is -2.18. The summed E-state index contributed by atoms with van der Waals surface area (Å²) in [6.45, 7) is 5.92. The number of nitrogen functional groups attached to an aromatic ring is 1. The summed E-state index contributed by atoms with van der Waals surface area (Å²) in [5.74, 6) is -0.414. The van der Waals surface area contributed by atoms with E-state index < -0.39 is 17.5 Å². The zero-order valence-corrected chi connectivity index (χ0v) is 15.4. The molecule has 1 aromatic carbocycles. The summed E-state index contributed by atoms with van der Waals surface area (Å²) in [5.41, 5.74) is 6.30. The van der Waals surface area contributed by atoms with Crippen LogP contribution in [0.4, 0.5) is 14.9 Å². The van der Waals surface area contributed by atoms with E-state index in [0.29, 0.717) is 17.5 Å². The van der Waals surface area contributed by atoms with Crippen LogP contribution in [0.25, 0.3) is 11.0 Å². The predicted octanol–water partition coefficient (Wildman–Crippen LogP) is 3.08. The zero-order valence-electron chi connectivity index (χ0n) is 15.4. The summed E-state index contributed by atoms with van der Waals surface area (Å²) in [6, 6.07) is 5.59. The molecule has 0 atom stereocenters. The molecule has 8 heteroatoms. The van der Waals surface area contributed by atoms with E-state index in [4.69, 9.17) is 5.73 Å². The van der Waals surface area contributed by atoms with Crippen LogP contribution < -0.4 is 11.3 Å². The van der Waals surface area contributed by atoms with Crippen molar-refractivity contribution in [1.29, 1.82) is 0 Å². The van der Waals surface area contributed by atoms with Crippen LogP contribution in [0.2, 0.25) is 0 Å². The molecule has 0 unspecified atom stereocenters. The summed E-state index contributed by atoms with van der Waals surface area (Å²) in [4.78, 5) is 28.4. The Morgan fingerprint density at radius 3 is 2.67 bits per heavy atom. The first-order chi connectivity index (χ1) is 12.6. The SMILES string of the molecule is CC(C)(C)Cc1cc(F)cc2c1nc(Cn1cccc(N)c1=O)n2C(=O)O. The number of pyridine rings is 1. The van der Waals surface area contributed by atoms with Gasteiger partial charge in [0.15, 0.2) is 0 Å². The van der Waals surface area contributed by atoms with Crippen molar-refractivity contribution in [2.45, 2.75) is 33.7 Å². The number of halogens is 1. The molecule has 3 N–H and O–H groups in total. The van der Waals surface area contributed by atoms with E-state index in [2.05, 4.69) is 4.98 Å². The number of carbonyl (C=O) groups is 1. The van der Waals surface area contributed by atoms with Gasteiger partial charge in [-0.1, -0.05) is 20.8 Å². The Morgan fingerprint density at radius 1 is 1.33 bits per heavy atom. The summed E-state index contributed by atoms with van der Waals surface area (Å²) >= 11 is 0. The van der Waals surface area contributed by atoms with Gasteiger partial charge in [0.05, 0.1) is 23.3 Å². The monoisotopic (exact) mass is 372 g/mol. The molecule has 0 aliphatic heterocycles. The van der Waals surface area contributed by atoms with Gasteiger partial charge in [-0.05, 0) is 35.6 Å². The number of nitrogens with two attached hydrogens (primary N) is 1. The second-order valence-electron chi connectivity index (χ2n) is 7.71. The highest BCUT2D eigenvalue weighted by Gasteiger charge is 2.22. The number of hydrogen-bond donors (Lipinski definition) is 2. The van der Waals surface area contributed by atoms with Crippen LogP contribution in [0.15, 0.2) is 35.3 Å². The molecule has 3 rings (SSSR count). The number of anilines is 1. The molecule has 0 aliphatic carbocycles. The fraction of sp³-hybridized carbons (Fsp3) is 0.316. The molecular formula is C19H21FN4O3. The third-order valence-electron chi connectivity index (χ3n) is 4.15. The molecule has 0 aliphatic rings. The van der Waals surface area contributed by atoms with Gasteiger partial charge >= 0.3 is 6.09 Å². The maximum absolute atomic E-state index is 14.2. The lowest BCUT2D eigenvalue weighted by atomic mass is 9.87. The van der Waals surface area contributed by atoms with Crippen LogP contribution in [0.1, 0.15) is 32.2 Å². The average Bonchev–Trinajstić information content (AvgIpc) is 2.88. The van der Waals surface area contributed by atoms with Gasteiger partial charge in [-0.3, -0.25) is 4.79 Å². The van der Waals surface area contributed by atoms with E-state index in [0.717, 1.165) is 10.6 Å². The normalized spacial score (nSPS) is 11.9. The molecule has 142 valence electrons. The van der Waals surface area contributed by atoms with E-state index in [1.807, 2.05) is 20.8 Å². The maximum Gasteiger partial charge on any atom is 0.417 e. The van der Waals surface area contributed by atoms with Gasteiger partial charge in [0, 0.05) is 12.3 Å². The van der Waals surface area contributed by atoms with Crippen LogP contribution in [-0.2, 0) is 13.0 Å². The van der Waals surface area contributed by atoms with E-state index in [1.165, 1.54) is 22.9 Å². The Hall–Kier alpha value is -3.16. The minimum absolute atomic E-state index is 0.0509. The Morgan fingerprint density at radius 2 is 2.04 bits per heavy atom. The summed E-state index contributed by atoms with van der Waals surface area (Å²) < 4.78 is 16.4. The lowest BCUT2D eigenvalue weighted by Crippen LogP contribution is -2.25. The third kappa shape index (κ3) is 3.69. The molecule has 0 bridgehead atoms. The van der Waals surface area contributed by atoms with Gasteiger partial charge in [-0.15, -0.1) is 0 Å². The number of benzene rings is 1. The molecule has 0 saturated carbocycles. The minimum Gasteiger partial charge on any atom is -0.464 e. The predicted molar refractivity (Wildman–Crippen MR) is 100 cm³/mol. The Bertz CT molecular complexity index is 1090. The van der Waals surface area contributed by atoms with Gasteiger partial charge in [-0.25, -0.2) is 18.7 Å². The first-order valence-electron chi connectivity index (χ1n) is 8.45. The van der Waals surface area contributed by atoms with Crippen molar-refractivity contribution >= 4 is 22.8 Å². The molecule has 0 saturated heterocycles. The first-order valence-corrected chi connectivity index (χ1v) is 8.45. The molecule has 0 fully saturated rings. The third-order valence-corrected chi connectivity index (χ3v) is 4.15. The maximum atomic E-state index is 14.2. The highest BCUT2D eigenvalue weighted by molar-refractivity contribution is 5.88. The highest BCUT2D eigenvalue weighted by atomic mass is 19.1. The topological polar surface area (TPSA) is 103 Å². The quantitative estimate of drug-likeness (QED) is 0.735. The fourth-order valence-electron chi connectivity index (χ4n) is 3.12. The number of carboxylic acid groups (broad SMARTS) is 1. The van der Waals surface area contributed by atoms with Crippen molar-refractivity contribution in [3.8, 4) is 0 Å². The number of nitrogens with zero attached hydrogens (tertiary/aromatic N) is 3. The Balaban J connectivity index is 2.22. The zero-order chi connectivity index (χ0) is 19.9. The van der Waals surface area contributed by atoms with Crippen LogP contribution in [0.5, 0.6) is 0 Å². The van der Waals surface area contributed by atoms with E-state index in [-0.39, 0.29) is 29.0 Å². The highest BCUT2D eigenvalue weighted by Crippen LogP contribution is 2.28. The van der Waals surface area contributed by atoms with E-state index in [1.54, 1.807) is 6.07 Å². The van der Waals surface area contributed by atoms with Gasteiger partial charge in [0.2, 0.25) is 0 Å². The van der Waals surface area contributed by atoms with Crippen molar-refractivity contribution in [1.82, 2.24) is 14.1 Å². The molecule has 2 aromatic heterocycles. The van der Waals surface area contributed by atoms with Crippen LogP contribution in [-0.4, -0.2) is 25.3 Å². The first kappa shape index (κ1) is 18.6. The standard InChI is InChI=1S/C19H21FN4O3/c1-19(2,3)9-11-7-12(20)8-14-16(11)22-15(24(14)18(26)27)10-23-6-4-5-13(21)17(23)25/h4-8H,9-10,21H2,1-3H3,(H,26,27). The largest absolute Gasteiger partial charge is 0.464 e. The molecule has 3 aromatic rings. The summed E-state index contributed by atoms with van der Waals surface area (Å²) in [5, 5.41) is 9.66. The fourth-order valence-corrected chi connectivity index (χ4v) is 3.12. The van der Waals surface area contributed by atoms with Crippen molar-refractivity contribution in [3.05, 3.63) is 58.0 Å². The van der Waals surface area contributed by atoms with E-state index in [9.17, 15) is 19.1 Å².